The average molecular weight is 529 g/mol. The van der Waals surface area contributed by atoms with E-state index in [1.54, 1.807) is 27.2 Å². The summed E-state index contributed by atoms with van der Waals surface area (Å²) in [5.41, 5.74) is 0.404. The highest BCUT2D eigenvalue weighted by atomic mass is 127. The molecule has 0 unspecified atom stereocenters. The number of sulfonamides is 1. The Bertz CT molecular complexity index is 725. The Morgan fingerprint density at radius 3 is 2.44 bits per heavy atom. The van der Waals surface area contributed by atoms with Crippen molar-refractivity contribution in [3.63, 3.8) is 0 Å². The van der Waals surface area contributed by atoms with Crippen molar-refractivity contribution in [3.05, 3.63) is 17.0 Å². The lowest BCUT2D eigenvalue weighted by Crippen LogP contribution is -2.46. The van der Waals surface area contributed by atoms with Crippen LogP contribution in [0.15, 0.2) is 21.3 Å². The van der Waals surface area contributed by atoms with E-state index in [-0.39, 0.29) is 24.0 Å². The third kappa shape index (κ3) is 6.57. The minimum absolute atomic E-state index is 0. The molecule has 1 aliphatic rings. The van der Waals surface area contributed by atoms with Gasteiger partial charge in [-0.05, 0) is 42.7 Å². The lowest BCUT2D eigenvalue weighted by molar-refractivity contribution is 0.104. The Morgan fingerprint density at radius 2 is 1.96 bits per heavy atom. The molecule has 1 aromatic rings. The number of hydrogen-bond acceptors (Lipinski definition) is 4. The van der Waals surface area contributed by atoms with E-state index in [0.717, 1.165) is 17.4 Å². The van der Waals surface area contributed by atoms with Crippen molar-refractivity contribution in [2.75, 3.05) is 27.7 Å². The summed E-state index contributed by atoms with van der Waals surface area (Å²) in [6.07, 6.45) is 5.13. The van der Waals surface area contributed by atoms with Gasteiger partial charge < -0.3 is 10.6 Å². The Kier molecular flexibility index (Phi) is 9.50. The van der Waals surface area contributed by atoms with Crippen molar-refractivity contribution in [2.45, 2.75) is 50.3 Å². The minimum atomic E-state index is -3.36. The monoisotopic (exact) mass is 528 g/mol. The number of halogens is 1. The molecule has 1 fully saturated rings. The second-order valence-corrected chi connectivity index (χ2v) is 11.3. The summed E-state index contributed by atoms with van der Waals surface area (Å²) in [6, 6.07) is 3.52. The number of nitrogens with one attached hydrogen (secondary N) is 2. The van der Waals surface area contributed by atoms with E-state index in [9.17, 15) is 8.42 Å². The van der Waals surface area contributed by atoms with Gasteiger partial charge in [-0.2, -0.15) is 0 Å². The first kappa shape index (κ1) is 24.6. The molecular weight excluding hydrogens is 495 g/mol. The van der Waals surface area contributed by atoms with Gasteiger partial charge in [-0.3, -0.25) is 4.99 Å². The number of thiophene rings is 1. The predicted octanol–water partition coefficient (Wildman–Crippen LogP) is 3.50. The summed E-state index contributed by atoms with van der Waals surface area (Å²) in [5, 5.41) is 6.75. The molecule has 27 heavy (non-hydrogen) atoms. The van der Waals surface area contributed by atoms with E-state index in [4.69, 9.17) is 0 Å². The molecule has 2 N–H and O–H groups in total. The Labute approximate surface area is 185 Å². The smallest absolute Gasteiger partial charge is 0.252 e. The van der Waals surface area contributed by atoms with Gasteiger partial charge in [-0.25, -0.2) is 12.7 Å². The van der Waals surface area contributed by atoms with Crippen molar-refractivity contribution < 1.29 is 8.42 Å². The zero-order chi connectivity index (χ0) is 19.4. The Hall–Kier alpha value is -0.390. The number of guanidine groups is 1. The molecule has 1 saturated carbocycles. The zero-order valence-electron chi connectivity index (χ0n) is 16.9. The Morgan fingerprint density at radius 1 is 1.30 bits per heavy atom. The molecule has 0 spiro atoms. The number of rotatable bonds is 8. The minimum Gasteiger partial charge on any atom is -0.356 e. The molecule has 0 saturated heterocycles. The van der Waals surface area contributed by atoms with Crippen LogP contribution in [0.5, 0.6) is 0 Å². The van der Waals surface area contributed by atoms with Gasteiger partial charge in [-0.15, -0.1) is 35.3 Å². The van der Waals surface area contributed by atoms with E-state index in [2.05, 4.69) is 29.5 Å². The summed E-state index contributed by atoms with van der Waals surface area (Å²) in [5.74, 6) is 1.47. The fraction of sp³-hybridized carbons (Fsp3) is 0.722. The van der Waals surface area contributed by atoms with Gasteiger partial charge in [-0.1, -0.05) is 20.3 Å². The van der Waals surface area contributed by atoms with Gasteiger partial charge in [0, 0.05) is 32.6 Å². The average Bonchev–Trinajstić information content (AvgIpc) is 3.01. The lowest BCUT2D eigenvalue weighted by Gasteiger charge is -2.43. The molecular formula is C18H33IN4O2S2. The van der Waals surface area contributed by atoms with Crippen LogP contribution >= 0.6 is 35.3 Å². The highest BCUT2D eigenvalue weighted by Gasteiger charge is 2.37. The first-order valence-corrected chi connectivity index (χ1v) is 11.4. The van der Waals surface area contributed by atoms with E-state index in [1.807, 2.05) is 6.07 Å². The standard InChI is InChI=1S/C18H32N4O2S2.HI/c1-14(2)11-18(9-6-10-18)13-21-17(19-3)20-12-15-7-8-16(25-15)26(23,24)22(4)5;/h7-8,14H,6,9-13H2,1-5H3,(H2,19,20,21);1H. The van der Waals surface area contributed by atoms with E-state index >= 15 is 0 Å². The van der Waals surface area contributed by atoms with E-state index < -0.39 is 10.0 Å². The molecule has 1 aliphatic carbocycles. The highest BCUT2D eigenvalue weighted by molar-refractivity contribution is 14.0. The fourth-order valence-corrected chi connectivity index (χ4v) is 5.89. The molecule has 0 aliphatic heterocycles. The third-order valence-electron chi connectivity index (χ3n) is 4.91. The van der Waals surface area contributed by atoms with Crippen molar-refractivity contribution in [3.8, 4) is 0 Å². The quantitative estimate of drug-likeness (QED) is 0.308. The van der Waals surface area contributed by atoms with Crippen LogP contribution in [0.3, 0.4) is 0 Å². The molecule has 0 amide bonds. The molecule has 156 valence electrons. The highest BCUT2D eigenvalue weighted by Crippen LogP contribution is 2.45. The van der Waals surface area contributed by atoms with E-state index in [1.165, 1.54) is 41.3 Å². The maximum absolute atomic E-state index is 12.2. The molecule has 0 bridgehead atoms. The predicted molar refractivity (Wildman–Crippen MR) is 125 cm³/mol. The molecule has 1 aromatic heterocycles. The maximum Gasteiger partial charge on any atom is 0.252 e. The molecule has 0 aromatic carbocycles. The van der Waals surface area contributed by atoms with E-state index in [0.29, 0.717) is 22.1 Å². The summed E-state index contributed by atoms with van der Waals surface area (Å²) < 4.78 is 25.9. The van der Waals surface area contributed by atoms with Crippen LogP contribution < -0.4 is 10.6 Å². The number of hydrogen-bond donors (Lipinski definition) is 2. The first-order valence-electron chi connectivity index (χ1n) is 9.14. The van der Waals surface area contributed by atoms with Crippen molar-refractivity contribution in [1.82, 2.24) is 14.9 Å². The van der Waals surface area contributed by atoms with Crippen LogP contribution in [0, 0.1) is 11.3 Å². The van der Waals surface area contributed by atoms with Gasteiger partial charge in [0.1, 0.15) is 4.21 Å². The summed E-state index contributed by atoms with van der Waals surface area (Å²) in [7, 11) is 1.50. The van der Waals surface area contributed by atoms with Crippen molar-refractivity contribution in [2.24, 2.45) is 16.3 Å². The van der Waals surface area contributed by atoms with Crippen LogP contribution in [-0.4, -0.2) is 46.4 Å². The lowest BCUT2D eigenvalue weighted by atomic mass is 9.64. The Balaban J connectivity index is 0.00000364. The summed E-state index contributed by atoms with van der Waals surface area (Å²) >= 11 is 1.29. The summed E-state index contributed by atoms with van der Waals surface area (Å²) in [4.78, 5) is 5.27. The van der Waals surface area contributed by atoms with Crippen LogP contribution in [0.2, 0.25) is 0 Å². The molecule has 2 rings (SSSR count). The van der Waals surface area contributed by atoms with Gasteiger partial charge in [0.2, 0.25) is 0 Å². The second-order valence-electron chi connectivity index (χ2n) is 7.74. The third-order valence-corrected chi connectivity index (χ3v) is 8.28. The number of nitrogens with zero attached hydrogens (tertiary/aromatic N) is 2. The van der Waals surface area contributed by atoms with Crippen LogP contribution in [0.4, 0.5) is 0 Å². The van der Waals surface area contributed by atoms with Crippen LogP contribution in [0.1, 0.15) is 44.4 Å². The van der Waals surface area contributed by atoms with Crippen molar-refractivity contribution >= 4 is 51.3 Å². The van der Waals surface area contributed by atoms with Gasteiger partial charge in [0.15, 0.2) is 5.96 Å². The molecule has 9 heteroatoms. The topological polar surface area (TPSA) is 73.8 Å². The van der Waals surface area contributed by atoms with Gasteiger partial charge in [0.25, 0.3) is 10.0 Å². The van der Waals surface area contributed by atoms with Crippen molar-refractivity contribution in [1.29, 1.82) is 0 Å². The second kappa shape index (κ2) is 10.4. The maximum atomic E-state index is 12.2. The molecule has 1 heterocycles. The zero-order valence-corrected chi connectivity index (χ0v) is 20.9. The number of aliphatic imine (C=N–C) groups is 1. The summed E-state index contributed by atoms with van der Waals surface area (Å²) in [6.45, 7) is 6.06. The van der Waals surface area contributed by atoms with Crippen LogP contribution in [-0.2, 0) is 16.6 Å². The molecule has 0 radical (unpaired) electrons. The van der Waals surface area contributed by atoms with Crippen LogP contribution in [0.25, 0.3) is 0 Å². The SMILES string of the molecule is CN=C(NCc1ccc(S(=O)(=O)N(C)C)s1)NCC1(CC(C)C)CCC1.I. The molecule has 0 atom stereocenters. The normalized spacial score (nSPS) is 16.8. The van der Waals surface area contributed by atoms with Gasteiger partial charge in [0.05, 0.1) is 6.54 Å². The van der Waals surface area contributed by atoms with Gasteiger partial charge >= 0.3 is 0 Å². The largest absolute Gasteiger partial charge is 0.356 e. The first-order chi connectivity index (χ1) is 12.2. The fourth-order valence-electron chi connectivity index (χ4n) is 3.43. The molecule has 6 nitrogen and oxygen atoms in total.